The zero-order valence-electron chi connectivity index (χ0n) is 9.97. The predicted octanol–water partition coefficient (Wildman–Crippen LogP) is 2.10. The highest BCUT2D eigenvalue weighted by molar-refractivity contribution is 5.54. The van der Waals surface area contributed by atoms with Crippen LogP contribution < -0.4 is 4.90 Å². The van der Waals surface area contributed by atoms with Crippen LogP contribution in [0.25, 0.3) is 5.52 Å². The zero-order chi connectivity index (χ0) is 13.5. The number of alkyl halides is 3. The summed E-state index contributed by atoms with van der Waals surface area (Å²) in [5.74, 6) is 0. The minimum absolute atomic E-state index is 0.0708. The highest BCUT2D eigenvalue weighted by Crippen LogP contribution is 2.28. The van der Waals surface area contributed by atoms with E-state index in [0.717, 1.165) is 5.52 Å². The van der Waals surface area contributed by atoms with E-state index < -0.39 is 12.3 Å². The van der Waals surface area contributed by atoms with E-state index in [1.165, 1.54) is 0 Å². The van der Waals surface area contributed by atoms with Crippen molar-refractivity contribution in [1.29, 1.82) is 0 Å². The van der Waals surface area contributed by atoms with Gasteiger partial charge in [-0.25, -0.2) is 4.52 Å². The topological polar surface area (TPSA) is 29.8 Å². The van der Waals surface area contributed by atoms with E-state index in [-0.39, 0.29) is 13.2 Å². The van der Waals surface area contributed by atoms with Crippen LogP contribution in [0.1, 0.15) is 0 Å². The lowest BCUT2D eigenvalue weighted by molar-refractivity contribution is -0.221. The molecular formula is C12H12F3N3O. The fourth-order valence-corrected chi connectivity index (χ4v) is 2.17. The molecular weight excluding hydrogens is 259 g/mol. The molecule has 19 heavy (non-hydrogen) atoms. The Morgan fingerprint density at radius 1 is 1.26 bits per heavy atom. The van der Waals surface area contributed by atoms with Crippen LogP contribution in [-0.2, 0) is 4.74 Å². The standard InChI is InChI=1S/C12H12F3N3O/c13-12(14,15)11-8-17(5-6-19-11)10-2-1-9-3-4-16-18(9)7-10/h1-4,7,11H,5-6,8H2. The van der Waals surface area contributed by atoms with Crippen LogP contribution in [0.4, 0.5) is 18.9 Å². The van der Waals surface area contributed by atoms with E-state index >= 15 is 0 Å². The summed E-state index contributed by atoms with van der Waals surface area (Å²) in [6.45, 7) is 0.330. The quantitative estimate of drug-likeness (QED) is 0.795. The van der Waals surface area contributed by atoms with Gasteiger partial charge in [0.15, 0.2) is 6.10 Å². The SMILES string of the molecule is FC(F)(F)C1CN(c2ccc3ccnn3c2)CCO1. The third-order valence-electron chi connectivity index (χ3n) is 3.18. The Morgan fingerprint density at radius 3 is 2.89 bits per heavy atom. The molecule has 0 N–H and O–H groups in total. The van der Waals surface area contributed by atoms with Gasteiger partial charge in [-0.05, 0) is 18.2 Å². The summed E-state index contributed by atoms with van der Waals surface area (Å²) in [5, 5.41) is 4.08. The number of pyridine rings is 1. The number of rotatable bonds is 1. The maximum Gasteiger partial charge on any atom is 0.416 e. The second-order valence-electron chi connectivity index (χ2n) is 4.44. The van der Waals surface area contributed by atoms with Gasteiger partial charge in [0.2, 0.25) is 0 Å². The van der Waals surface area contributed by atoms with Crippen LogP contribution in [0.2, 0.25) is 0 Å². The molecule has 0 aliphatic carbocycles. The van der Waals surface area contributed by atoms with Gasteiger partial charge >= 0.3 is 6.18 Å². The molecule has 0 saturated carbocycles. The van der Waals surface area contributed by atoms with Crippen LogP contribution in [-0.4, -0.2) is 41.6 Å². The molecule has 0 amide bonds. The summed E-state index contributed by atoms with van der Waals surface area (Å²) in [6.07, 6.45) is -2.67. The number of hydrogen-bond acceptors (Lipinski definition) is 3. The van der Waals surface area contributed by atoms with Crippen LogP contribution in [0.15, 0.2) is 30.6 Å². The van der Waals surface area contributed by atoms with E-state index in [4.69, 9.17) is 4.74 Å². The van der Waals surface area contributed by atoms with Crippen LogP contribution >= 0.6 is 0 Å². The maximum atomic E-state index is 12.7. The van der Waals surface area contributed by atoms with Gasteiger partial charge in [-0.2, -0.15) is 18.3 Å². The van der Waals surface area contributed by atoms with Gasteiger partial charge in [0.05, 0.1) is 30.6 Å². The first-order chi connectivity index (χ1) is 9.04. The second-order valence-corrected chi connectivity index (χ2v) is 4.44. The zero-order valence-corrected chi connectivity index (χ0v) is 9.97. The predicted molar refractivity (Wildman–Crippen MR) is 63.2 cm³/mol. The lowest BCUT2D eigenvalue weighted by Gasteiger charge is -2.35. The Labute approximate surface area is 107 Å². The summed E-state index contributed by atoms with van der Waals surface area (Å²) >= 11 is 0. The maximum absolute atomic E-state index is 12.7. The lowest BCUT2D eigenvalue weighted by Crippen LogP contribution is -2.49. The van der Waals surface area contributed by atoms with E-state index in [1.54, 1.807) is 27.9 Å². The fraction of sp³-hybridized carbons (Fsp3) is 0.417. The average Bonchev–Trinajstić information content (AvgIpc) is 2.85. The second kappa shape index (κ2) is 4.41. The molecule has 1 saturated heterocycles. The minimum Gasteiger partial charge on any atom is -0.365 e. The normalized spacial score (nSPS) is 21.0. The molecule has 2 aromatic rings. The molecule has 1 atom stereocenters. The molecule has 3 rings (SSSR count). The summed E-state index contributed by atoms with van der Waals surface area (Å²) in [7, 11) is 0. The Morgan fingerprint density at radius 2 is 2.11 bits per heavy atom. The van der Waals surface area contributed by atoms with Gasteiger partial charge in [-0.1, -0.05) is 0 Å². The van der Waals surface area contributed by atoms with Crippen molar-refractivity contribution in [1.82, 2.24) is 9.61 Å². The number of morpholine rings is 1. The van der Waals surface area contributed by atoms with Gasteiger partial charge in [-0.15, -0.1) is 0 Å². The van der Waals surface area contributed by atoms with E-state index in [2.05, 4.69) is 5.10 Å². The summed E-state index contributed by atoms with van der Waals surface area (Å²) in [4.78, 5) is 1.67. The van der Waals surface area contributed by atoms with E-state index in [1.807, 2.05) is 12.1 Å². The highest BCUT2D eigenvalue weighted by atomic mass is 19.4. The van der Waals surface area contributed by atoms with Crippen LogP contribution in [0.5, 0.6) is 0 Å². The number of nitrogens with zero attached hydrogens (tertiary/aromatic N) is 3. The van der Waals surface area contributed by atoms with Crippen molar-refractivity contribution in [3.8, 4) is 0 Å². The van der Waals surface area contributed by atoms with Crippen molar-refractivity contribution in [3.05, 3.63) is 30.6 Å². The molecule has 2 aromatic heterocycles. The average molecular weight is 271 g/mol. The van der Waals surface area contributed by atoms with Gasteiger partial charge in [-0.3, -0.25) is 0 Å². The van der Waals surface area contributed by atoms with Crippen LogP contribution in [0, 0.1) is 0 Å². The monoisotopic (exact) mass is 271 g/mol. The molecule has 0 radical (unpaired) electrons. The number of anilines is 1. The molecule has 102 valence electrons. The summed E-state index contributed by atoms with van der Waals surface area (Å²) < 4.78 is 44.4. The molecule has 4 nitrogen and oxygen atoms in total. The number of hydrogen-bond donors (Lipinski definition) is 0. The Bertz CT molecular complexity index is 581. The van der Waals surface area contributed by atoms with Crippen molar-refractivity contribution in [2.75, 3.05) is 24.6 Å². The van der Waals surface area contributed by atoms with E-state index in [0.29, 0.717) is 12.2 Å². The van der Waals surface area contributed by atoms with Gasteiger partial charge < -0.3 is 9.64 Å². The van der Waals surface area contributed by atoms with Gasteiger partial charge in [0.1, 0.15) is 0 Å². The van der Waals surface area contributed by atoms with Crippen LogP contribution in [0.3, 0.4) is 0 Å². The number of halogens is 3. The minimum atomic E-state index is -4.32. The first kappa shape index (κ1) is 12.3. The number of aromatic nitrogens is 2. The number of fused-ring (bicyclic) bond motifs is 1. The molecule has 1 unspecified atom stereocenters. The Kier molecular flexibility index (Phi) is 2.85. The molecule has 1 fully saturated rings. The Hall–Kier alpha value is -1.76. The van der Waals surface area contributed by atoms with Gasteiger partial charge in [0, 0.05) is 12.7 Å². The lowest BCUT2D eigenvalue weighted by atomic mass is 10.2. The van der Waals surface area contributed by atoms with Crippen molar-refractivity contribution in [2.24, 2.45) is 0 Å². The van der Waals surface area contributed by atoms with Gasteiger partial charge in [0.25, 0.3) is 0 Å². The molecule has 7 heteroatoms. The first-order valence-corrected chi connectivity index (χ1v) is 5.91. The molecule has 0 aromatic carbocycles. The molecule has 1 aliphatic rings. The molecule has 3 heterocycles. The largest absolute Gasteiger partial charge is 0.416 e. The summed E-state index contributed by atoms with van der Waals surface area (Å²) in [5.41, 5.74) is 1.62. The molecule has 0 spiro atoms. The third kappa shape index (κ3) is 2.37. The smallest absolute Gasteiger partial charge is 0.365 e. The number of ether oxygens (including phenoxy) is 1. The van der Waals surface area contributed by atoms with Crippen molar-refractivity contribution in [2.45, 2.75) is 12.3 Å². The summed E-state index contributed by atoms with van der Waals surface area (Å²) in [6, 6.07) is 5.47. The molecule has 1 aliphatic heterocycles. The molecule has 0 bridgehead atoms. The Balaban J connectivity index is 1.84. The van der Waals surface area contributed by atoms with Crippen molar-refractivity contribution >= 4 is 11.2 Å². The van der Waals surface area contributed by atoms with Crippen molar-refractivity contribution < 1.29 is 17.9 Å². The fourth-order valence-electron chi connectivity index (χ4n) is 2.17. The third-order valence-corrected chi connectivity index (χ3v) is 3.18. The van der Waals surface area contributed by atoms with E-state index in [9.17, 15) is 13.2 Å². The van der Waals surface area contributed by atoms with Crippen molar-refractivity contribution in [3.63, 3.8) is 0 Å². The first-order valence-electron chi connectivity index (χ1n) is 5.91. The highest BCUT2D eigenvalue weighted by Gasteiger charge is 2.43.